The monoisotopic (exact) mass is 464 g/mol. The zero-order chi connectivity index (χ0) is 24.1. The van der Waals surface area contributed by atoms with E-state index in [0.29, 0.717) is 28.6 Å². The molecule has 0 unspecified atom stereocenters. The molecular weight excluding hydrogens is 436 g/mol. The van der Waals surface area contributed by atoms with Gasteiger partial charge in [0.05, 0.1) is 5.56 Å². The molecule has 10 nitrogen and oxygen atoms in total. The van der Waals surface area contributed by atoms with E-state index in [9.17, 15) is 9.90 Å². The van der Waals surface area contributed by atoms with Gasteiger partial charge in [-0.25, -0.2) is 0 Å². The van der Waals surface area contributed by atoms with Gasteiger partial charge in [-0.3, -0.25) is 4.79 Å². The number of methoxy groups -OCH3 is 4. The zero-order valence-electron chi connectivity index (χ0n) is 19.0. The van der Waals surface area contributed by atoms with Gasteiger partial charge in [0.1, 0.15) is 11.5 Å². The number of allylic oxidation sites excluding steroid dienone is 1. The van der Waals surface area contributed by atoms with Gasteiger partial charge in [-0.15, -0.1) is 0 Å². The van der Waals surface area contributed by atoms with Crippen LogP contribution in [0.25, 0.3) is 6.08 Å². The molecule has 0 fully saturated rings. The lowest BCUT2D eigenvalue weighted by Gasteiger charge is -2.17. The Kier molecular flexibility index (Phi) is 11.0. The molecule has 0 aliphatic carbocycles. The van der Waals surface area contributed by atoms with E-state index >= 15 is 0 Å². The summed E-state index contributed by atoms with van der Waals surface area (Å²) in [5, 5.41) is 10.2. The number of phenols is 1. The Morgan fingerprint density at radius 1 is 0.788 bits per heavy atom. The number of benzene rings is 2. The van der Waals surface area contributed by atoms with E-state index in [4.69, 9.17) is 37.9 Å². The third-order valence-corrected chi connectivity index (χ3v) is 4.03. The molecule has 2 rings (SSSR count). The van der Waals surface area contributed by atoms with Crippen molar-refractivity contribution in [2.24, 2.45) is 0 Å². The minimum Gasteiger partial charge on any atom is -0.507 e. The number of rotatable bonds is 15. The van der Waals surface area contributed by atoms with Crippen LogP contribution >= 0.6 is 0 Å². The molecule has 0 bridgehead atoms. The van der Waals surface area contributed by atoms with Crippen LogP contribution in [0, 0.1) is 0 Å². The fraction of sp³-hybridized carbons (Fsp3) is 0.348. The molecule has 33 heavy (non-hydrogen) atoms. The van der Waals surface area contributed by atoms with Gasteiger partial charge in [-0.1, -0.05) is 6.08 Å². The highest BCUT2D eigenvalue weighted by Gasteiger charge is 2.16. The van der Waals surface area contributed by atoms with Gasteiger partial charge >= 0.3 is 0 Å². The highest BCUT2D eigenvalue weighted by Crippen LogP contribution is 2.39. The van der Waals surface area contributed by atoms with Crippen molar-refractivity contribution >= 4 is 11.9 Å². The maximum absolute atomic E-state index is 12.6. The summed E-state index contributed by atoms with van der Waals surface area (Å²) in [7, 11) is 5.94. The van der Waals surface area contributed by atoms with Gasteiger partial charge in [0, 0.05) is 34.5 Å². The second kappa shape index (κ2) is 14.0. The third-order valence-electron chi connectivity index (χ3n) is 4.03. The molecule has 0 heterocycles. The molecule has 1 N–H and O–H groups in total. The molecule has 0 aromatic heterocycles. The molecule has 0 aliphatic rings. The maximum atomic E-state index is 12.6. The normalized spacial score (nSPS) is 10.9. The number of ether oxygens (including phenoxy) is 8. The van der Waals surface area contributed by atoms with Gasteiger partial charge in [0.25, 0.3) is 0 Å². The van der Waals surface area contributed by atoms with E-state index in [0.717, 1.165) is 0 Å². The largest absolute Gasteiger partial charge is 0.507 e. The number of hydrogen-bond acceptors (Lipinski definition) is 10. The Bertz CT molecular complexity index is 896. The lowest BCUT2D eigenvalue weighted by atomic mass is 10.1. The first-order valence-corrected chi connectivity index (χ1v) is 9.74. The molecule has 0 amide bonds. The number of hydrogen-bond donors (Lipinski definition) is 1. The standard InChI is InChI=1S/C23H28O10/c1-26-12-30-17-6-7-18(20(25)11-17)19(24)8-5-16-9-21(31-13-27-2)23(33-15-29-4)22(10-16)32-14-28-3/h5-11,25H,12-15H2,1-4H3/b8-5+. The molecule has 0 saturated heterocycles. The summed E-state index contributed by atoms with van der Waals surface area (Å²) in [4.78, 5) is 12.6. The number of carbonyl (C=O) groups excluding carboxylic acids is 1. The fourth-order valence-corrected chi connectivity index (χ4v) is 2.61. The molecule has 10 heteroatoms. The molecule has 0 aliphatic heterocycles. The Hall–Kier alpha value is -3.31. The topological polar surface area (TPSA) is 111 Å². The summed E-state index contributed by atoms with van der Waals surface area (Å²) < 4.78 is 41.8. The van der Waals surface area contributed by atoms with Gasteiger partial charge < -0.3 is 43.0 Å². The fourth-order valence-electron chi connectivity index (χ4n) is 2.61. The van der Waals surface area contributed by atoms with Gasteiger partial charge in [-0.2, -0.15) is 0 Å². The van der Waals surface area contributed by atoms with Gasteiger partial charge in [-0.05, 0) is 35.9 Å². The highest BCUT2D eigenvalue weighted by molar-refractivity contribution is 6.08. The predicted molar refractivity (Wildman–Crippen MR) is 118 cm³/mol. The second-order valence-corrected chi connectivity index (χ2v) is 6.43. The summed E-state index contributed by atoms with van der Waals surface area (Å²) in [5.41, 5.74) is 0.688. The number of phenolic OH excluding ortho intramolecular Hbond substituents is 1. The molecule has 0 radical (unpaired) electrons. The molecule has 0 saturated carbocycles. The van der Waals surface area contributed by atoms with Crippen molar-refractivity contribution in [3.63, 3.8) is 0 Å². The smallest absolute Gasteiger partial charge is 0.206 e. The maximum Gasteiger partial charge on any atom is 0.206 e. The second-order valence-electron chi connectivity index (χ2n) is 6.43. The summed E-state index contributed by atoms with van der Waals surface area (Å²) >= 11 is 0. The summed E-state index contributed by atoms with van der Waals surface area (Å²) in [5.74, 6) is 0.674. The van der Waals surface area contributed by atoms with Crippen molar-refractivity contribution in [3.05, 3.63) is 47.5 Å². The highest BCUT2D eigenvalue weighted by atomic mass is 16.7. The van der Waals surface area contributed by atoms with Crippen LogP contribution in [0.1, 0.15) is 15.9 Å². The first-order chi connectivity index (χ1) is 16.0. The SMILES string of the molecule is COCOc1ccc(C(=O)/C=C/c2cc(OCOC)c(OCOC)c(OCOC)c2)c(O)c1. The van der Waals surface area contributed by atoms with Crippen molar-refractivity contribution in [1.29, 1.82) is 0 Å². The third kappa shape index (κ3) is 7.95. The Morgan fingerprint density at radius 2 is 1.33 bits per heavy atom. The van der Waals surface area contributed by atoms with Crippen LogP contribution in [-0.2, 0) is 18.9 Å². The molecule has 2 aromatic carbocycles. The molecule has 2 aromatic rings. The Morgan fingerprint density at radius 3 is 1.88 bits per heavy atom. The van der Waals surface area contributed by atoms with E-state index in [2.05, 4.69) is 0 Å². The number of aromatic hydroxyl groups is 1. The van der Waals surface area contributed by atoms with E-state index in [-0.39, 0.29) is 38.5 Å². The summed E-state index contributed by atoms with van der Waals surface area (Å²) in [6, 6.07) is 7.67. The van der Waals surface area contributed by atoms with E-state index < -0.39 is 5.78 Å². The van der Waals surface area contributed by atoms with Gasteiger partial charge in [0.2, 0.25) is 5.75 Å². The van der Waals surface area contributed by atoms with Crippen molar-refractivity contribution < 1.29 is 47.8 Å². The first kappa shape index (κ1) is 25.9. The number of carbonyl (C=O) groups is 1. The van der Waals surface area contributed by atoms with E-state index in [1.807, 2.05) is 0 Å². The van der Waals surface area contributed by atoms with Crippen molar-refractivity contribution in [2.75, 3.05) is 55.6 Å². The van der Waals surface area contributed by atoms with Crippen LogP contribution < -0.4 is 18.9 Å². The summed E-state index contributed by atoms with van der Waals surface area (Å²) in [6.07, 6.45) is 2.87. The molecule has 0 atom stereocenters. The van der Waals surface area contributed by atoms with E-state index in [1.165, 1.54) is 46.6 Å². The van der Waals surface area contributed by atoms with Crippen molar-refractivity contribution in [3.8, 4) is 28.7 Å². The van der Waals surface area contributed by atoms with E-state index in [1.54, 1.807) is 24.3 Å². The lowest BCUT2D eigenvalue weighted by molar-refractivity contribution is 0.0218. The van der Waals surface area contributed by atoms with Crippen LogP contribution in [0.3, 0.4) is 0 Å². The lowest BCUT2D eigenvalue weighted by Crippen LogP contribution is -2.08. The molecule has 0 spiro atoms. The Balaban J connectivity index is 2.31. The minimum atomic E-state index is -0.413. The predicted octanol–water partition coefficient (Wildman–Crippen LogP) is 3.22. The first-order valence-electron chi connectivity index (χ1n) is 9.74. The van der Waals surface area contributed by atoms with Crippen LogP contribution in [0.15, 0.2) is 36.4 Å². The van der Waals surface area contributed by atoms with Crippen LogP contribution in [0.5, 0.6) is 28.7 Å². The summed E-state index contributed by atoms with van der Waals surface area (Å²) in [6.45, 7) is -0.0869. The average molecular weight is 464 g/mol. The van der Waals surface area contributed by atoms with Crippen LogP contribution in [0.2, 0.25) is 0 Å². The minimum absolute atomic E-state index is 0.0255. The van der Waals surface area contributed by atoms with Crippen LogP contribution in [-0.4, -0.2) is 66.5 Å². The van der Waals surface area contributed by atoms with Crippen LogP contribution in [0.4, 0.5) is 0 Å². The molecular formula is C23H28O10. The van der Waals surface area contributed by atoms with Gasteiger partial charge in [0.15, 0.2) is 44.5 Å². The number of ketones is 1. The molecule has 180 valence electrons. The van der Waals surface area contributed by atoms with Crippen molar-refractivity contribution in [1.82, 2.24) is 0 Å². The zero-order valence-corrected chi connectivity index (χ0v) is 19.0. The Labute approximate surface area is 192 Å². The average Bonchev–Trinajstić information content (AvgIpc) is 2.82. The van der Waals surface area contributed by atoms with Crippen molar-refractivity contribution in [2.45, 2.75) is 0 Å². The quantitative estimate of drug-likeness (QED) is 0.240.